The van der Waals surface area contributed by atoms with E-state index in [9.17, 15) is 18.4 Å². The van der Waals surface area contributed by atoms with Crippen LogP contribution in [0.3, 0.4) is 0 Å². The van der Waals surface area contributed by atoms with E-state index in [4.69, 9.17) is 9.97 Å². The van der Waals surface area contributed by atoms with Gasteiger partial charge in [0.15, 0.2) is 0 Å². The number of aromatic nitrogens is 4. The van der Waals surface area contributed by atoms with Crippen molar-refractivity contribution in [3.05, 3.63) is 105 Å². The maximum absolute atomic E-state index is 13.9. The Morgan fingerprint density at radius 3 is 1.50 bits per heavy atom. The summed E-state index contributed by atoms with van der Waals surface area (Å²) in [6.45, 7) is 0. The summed E-state index contributed by atoms with van der Waals surface area (Å²) in [5.41, 5.74) is 2.78. The minimum atomic E-state index is -0.358. The summed E-state index contributed by atoms with van der Waals surface area (Å²) in [7, 11) is 0. The zero-order valence-electron chi connectivity index (χ0n) is 19.3. The number of benzene rings is 5. The van der Waals surface area contributed by atoms with Crippen LogP contribution in [0.2, 0.25) is 0 Å². The van der Waals surface area contributed by atoms with Crippen molar-refractivity contribution in [2.24, 2.45) is 0 Å². The maximum atomic E-state index is 13.9. The van der Waals surface area contributed by atoms with Crippen molar-refractivity contribution in [3.63, 3.8) is 0 Å². The SMILES string of the molecule is O=c1c2cc3c(cc2c2nc4cc5cc(F)ccc5cc4n12)c(=O)n1c2cc4cc(F)ccc4cc2nc31. The van der Waals surface area contributed by atoms with Gasteiger partial charge in [-0.25, -0.2) is 18.7 Å². The summed E-state index contributed by atoms with van der Waals surface area (Å²) in [4.78, 5) is 36.7. The predicted molar refractivity (Wildman–Crippen MR) is 144 cm³/mol. The third kappa shape index (κ3) is 2.30. The molecule has 0 atom stereocenters. The molecule has 5 aromatic carbocycles. The molecular weight excluding hydrogens is 486 g/mol. The van der Waals surface area contributed by atoms with Gasteiger partial charge in [0.25, 0.3) is 11.1 Å². The molecule has 0 aliphatic rings. The van der Waals surface area contributed by atoms with E-state index in [0.717, 1.165) is 10.8 Å². The lowest BCUT2D eigenvalue weighted by Crippen LogP contribution is -2.06. The summed E-state index contributed by atoms with van der Waals surface area (Å²) in [6.07, 6.45) is 0. The quantitative estimate of drug-likeness (QED) is 0.266. The van der Waals surface area contributed by atoms with Crippen LogP contribution in [-0.2, 0) is 0 Å². The molecule has 0 amide bonds. The van der Waals surface area contributed by atoms with Crippen molar-refractivity contribution in [2.75, 3.05) is 0 Å². The molecule has 0 aliphatic heterocycles. The van der Waals surface area contributed by atoms with Gasteiger partial charge >= 0.3 is 0 Å². The van der Waals surface area contributed by atoms with E-state index >= 15 is 0 Å². The minimum Gasteiger partial charge on any atom is -0.268 e. The van der Waals surface area contributed by atoms with E-state index in [1.165, 1.54) is 28.7 Å². The fraction of sp³-hybridized carbons (Fsp3) is 0. The van der Waals surface area contributed by atoms with E-state index in [2.05, 4.69) is 0 Å². The van der Waals surface area contributed by atoms with Crippen molar-refractivity contribution in [2.45, 2.75) is 0 Å². The number of nitrogens with zero attached hydrogens (tertiary/aromatic N) is 4. The van der Waals surface area contributed by atoms with Crippen molar-refractivity contribution in [3.8, 4) is 0 Å². The average Bonchev–Trinajstić information content (AvgIpc) is 3.60. The third-order valence-electron chi connectivity index (χ3n) is 7.66. The molecular formula is C30H12F2N4O2. The Morgan fingerprint density at radius 1 is 0.500 bits per heavy atom. The molecule has 4 heterocycles. The Bertz CT molecular complexity index is 2640. The molecule has 0 radical (unpaired) electrons. The highest BCUT2D eigenvalue weighted by Crippen LogP contribution is 2.32. The smallest absolute Gasteiger partial charge is 0.264 e. The Kier molecular flexibility index (Phi) is 3.33. The Morgan fingerprint density at radius 2 is 0.947 bits per heavy atom. The van der Waals surface area contributed by atoms with Crippen LogP contribution in [0.5, 0.6) is 0 Å². The Hall–Kier alpha value is -5.24. The lowest BCUT2D eigenvalue weighted by Gasteiger charge is -1.98. The predicted octanol–water partition coefficient (Wildman–Crippen LogP) is 5.78. The van der Waals surface area contributed by atoms with Crippen LogP contribution in [0.4, 0.5) is 8.78 Å². The summed E-state index contributed by atoms with van der Waals surface area (Å²) < 4.78 is 30.7. The van der Waals surface area contributed by atoms with Gasteiger partial charge in [-0.1, -0.05) is 12.1 Å². The summed E-state index contributed by atoms with van der Waals surface area (Å²) in [5.74, 6) is -0.703. The van der Waals surface area contributed by atoms with Crippen LogP contribution in [0.15, 0.2) is 82.4 Å². The van der Waals surface area contributed by atoms with E-state index < -0.39 is 0 Å². The first-order valence-corrected chi connectivity index (χ1v) is 12.0. The zero-order valence-corrected chi connectivity index (χ0v) is 19.3. The number of rotatable bonds is 0. The highest BCUT2D eigenvalue weighted by Gasteiger charge is 2.22. The molecule has 0 fully saturated rings. The molecule has 0 saturated carbocycles. The van der Waals surface area contributed by atoms with Gasteiger partial charge in [0.05, 0.1) is 32.8 Å². The molecule has 0 bridgehead atoms. The molecule has 9 rings (SSSR count). The lowest BCUT2D eigenvalue weighted by atomic mass is 10.1. The van der Waals surface area contributed by atoms with Gasteiger partial charge in [0, 0.05) is 10.8 Å². The second kappa shape index (κ2) is 6.36. The van der Waals surface area contributed by atoms with Crippen molar-refractivity contribution in [1.29, 1.82) is 0 Å². The molecule has 0 aliphatic carbocycles. The molecule has 0 spiro atoms. The van der Waals surface area contributed by atoms with Gasteiger partial charge in [0.2, 0.25) is 0 Å². The molecule has 9 aromatic rings. The van der Waals surface area contributed by atoms with Gasteiger partial charge in [0.1, 0.15) is 22.9 Å². The van der Waals surface area contributed by atoms with Crippen LogP contribution in [0.25, 0.3) is 76.5 Å². The second-order valence-electron chi connectivity index (χ2n) is 9.76. The molecule has 178 valence electrons. The van der Waals surface area contributed by atoms with E-state index in [-0.39, 0.29) is 22.8 Å². The molecule has 8 heteroatoms. The number of hydrogen-bond donors (Lipinski definition) is 0. The largest absolute Gasteiger partial charge is 0.268 e. The number of imidazole rings is 2. The van der Waals surface area contributed by atoms with Crippen molar-refractivity contribution >= 4 is 76.5 Å². The number of fused-ring (bicyclic) bond motifs is 12. The van der Waals surface area contributed by atoms with Crippen LogP contribution in [0, 0.1) is 11.6 Å². The normalized spacial score (nSPS) is 12.7. The molecule has 38 heavy (non-hydrogen) atoms. The standard InChI is InChI=1S/C30H12F2N4O2/c31-17-4-2-14-9-25-24(8-15(14)5-17)34-28-20-12-22-19(11-21(20)29(37)35(25)28)27-33-23-7-13-1-3-18(32)6-16(13)10-26(23)36(27)30(22)38/h1-12H. The Labute approximate surface area is 209 Å². The zero-order chi connectivity index (χ0) is 25.4. The molecule has 4 aromatic heterocycles. The average molecular weight is 498 g/mol. The van der Waals surface area contributed by atoms with Crippen LogP contribution < -0.4 is 11.1 Å². The molecule has 6 nitrogen and oxygen atoms in total. The fourth-order valence-corrected chi connectivity index (χ4v) is 5.92. The second-order valence-corrected chi connectivity index (χ2v) is 9.76. The Balaban J connectivity index is 1.41. The van der Waals surface area contributed by atoms with Gasteiger partial charge in [-0.2, -0.15) is 0 Å². The molecule has 0 saturated heterocycles. The first-order chi connectivity index (χ1) is 18.4. The first kappa shape index (κ1) is 19.9. The van der Waals surface area contributed by atoms with Gasteiger partial charge < -0.3 is 0 Å². The van der Waals surface area contributed by atoms with Crippen molar-refractivity contribution < 1.29 is 8.78 Å². The number of hydrogen-bond acceptors (Lipinski definition) is 4. The van der Waals surface area contributed by atoms with Gasteiger partial charge in [-0.15, -0.1) is 0 Å². The van der Waals surface area contributed by atoms with Crippen molar-refractivity contribution in [1.82, 2.24) is 18.8 Å². The topological polar surface area (TPSA) is 68.7 Å². The summed E-state index contributed by atoms with van der Waals surface area (Å²) in [5, 5.41) is 4.98. The maximum Gasteiger partial charge on any atom is 0.264 e. The fourth-order valence-electron chi connectivity index (χ4n) is 5.92. The first-order valence-electron chi connectivity index (χ1n) is 12.0. The molecule has 0 N–H and O–H groups in total. The highest BCUT2D eigenvalue weighted by atomic mass is 19.1. The summed E-state index contributed by atoms with van der Waals surface area (Å²) >= 11 is 0. The highest BCUT2D eigenvalue weighted by molar-refractivity contribution is 6.12. The van der Waals surface area contributed by atoms with Crippen LogP contribution >= 0.6 is 0 Å². The van der Waals surface area contributed by atoms with E-state index in [0.29, 0.717) is 65.7 Å². The third-order valence-corrected chi connectivity index (χ3v) is 7.66. The monoisotopic (exact) mass is 498 g/mol. The van der Waals surface area contributed by atoms with Crippen LogP contribution in [-0.4, -0.2) is 18.8 Å². The van der Waals surface area contributed by atoms with E-state index in [1.54, 1.807) is 40.8 Å². The number of halogens is 2. The van der Waals surface area contributed by atoms with E-state index in [1.807, 2.05) is 12.1 Å². The van der Waals surface area contributed by atoms with Gasteiger partial charge in [-0.05, 0) is 82.2 Å². The van der Waals surface area contributed by atoms with Gasteiger partial charge in [-0.3, -0.25) is 18.4 Å². The lowest BCUT2D eigenvalue weighted by molar-refractivity contribution is 0.629. The minimum absolute atomic E-state index is 0.245. The molecule has 0 unspecified atom stereocenters. The summed E-state index contributed by atoms with van der Waals surface area (Å²) in [6, 6.07) is 19.6. The van der Waals surface area contributed by atoms with Crippen LogP contribution in [0.1, 0.15) is 0 Å².